The van der Waals surface area contributed by atoms with Gasteiger partial charge in [0.2, 0.25) is 11.5 Å². The van der Waals surface area contributed by atoms with E-state index >= 15 is 0 Å². The molecule has 0 radical (unpaired) electrons. The molecule has 2 rings (SSSR count). The van der Waals surface area contributed by atoms with Gasteiger partial charge in [-0.1, -0.05) is 11.8 Å². The Morgan fingerprint density at radius 2 is 2.00 bits per heavy atom. The first kappa shape index (κ1) is 13.6. The fourth-order valence-electron chi connectivity index (χ4n) is 1.34. The molecule has 2 aromatic rings. The second-order valence-electron chi connectivity index (χ2n) is 3.66. The highest BCUT2D eigenvalue weighted by molar-refractivity contribution is 7.55. The van der Waals surface area contributed by atoms with Crippen LogP contribution in [0.2, 0.25) is 0 Å². The van der Waals surface area contributed by atoms with Gasteiger partial charge in [-0.2, -0.15) is 4.21 Å². The molecule has 0 fully saturated rings. The highest BCUT2D eigenvalue weighted by atomic mass is 32.1. The van der Waals surface area contributed by atoms with Crippen molar-refractivity contribution in [3.63, 3.8) is 0 Å². The van der Waals surface area contributed by atoms with Crippen LogP contribution in [0, 0.1) is 11.8 Å². The minimum Gasteiger partial charge on any atom is -0.384 e. The van der Waals surface area contributed by atoms with Crippen LogP contribution in [0.3, 0.4) is 0 Å². The van der Waals surface area contributed by atoms with Crippen molar-refractivity contribution < 1.29 is 9.00 Å². The van der Waals surface area contributed by atoms with E-state index in [-0.39, 0.29) is 17.0 Å². The Hall–Kier alpha value is -2.85. The van der Waals surface area contributed by atoms with Gasteiger partial charge < -0.3 is 5.73 Å². The van der Waals surface area contributed by atoms with E-state index in [1.54, 1.807) is 18.3 Å². The molecule has 0 aromatic carbocycles. The maximum atomic E-state index is 11.4. The van der Waals surface area contributed by atoms with Crippen LogP contribution in [-0.2, 0) is 11.5 Å². The summed E-state index contributed by atoms with van der Waals surface area (Å²) in [6.07, 6.45) is 4.39. The lowest BCUT2D eigenvalue weighted by Crippen LogP contribution is -1.95. The molecule has 0 saturated heterocycles. The Morgan fingerprint density at radius 3 is 2.70 bits per heavy atom. The molecule has 0 aliphatic rings. The number of carbonyl (C=O) groups is 1. The van der Waals surface area contributed by atoms with Crippen LogP contribution in [0.1, 0.15) is 21.5 Å². The van der Waals surface area contributed by atoms with Crippen molar-refractivity contribution >= 4 is 23.2 Å². The van der Waals surface area contributed by atoms with Gasteiger partial charge in [-0.3, -0.25) is 9.78 Å². The molecular weight excluding hydrogens is 276 g/mol. The quantitative estimate of drug-likeness (QED) is 0.787. The van der Waals surface area contributed by atoms with E-state index in [0.29, 0.717) is 16.9 Å². The lowest BCUT2D eigenvalue weighted by Gasteiger charge is -1.94. The van der Waals surface area contributed by atoms with Crippen molar-refractivity contribution in [2.75, 3.05) is 5.73 Å². The molecular formula is C13H8N4O2S. The van der Waals surface area contributed by atoms with Crippen LogP contribution in [0.5, 0.6) is 0 Å². The SMILES string of the molecule is Nc1ccc(C#Cc2cncc(C(=O)N=S=O)c2)cn1. The van der Waals surface area contributed by atoms with E-state index in [0.717, 1.165) is 0 Å². The monoisotopic (exact) mass is 284 g/mol. The Bertz CT molecular complexity index is 756. The first-order valence-corrected chi connectivity index (χ1v) is 6.12. The number of pyridine rings is 2. The van der Waals surface area contributed by atoms with E-state index in [9.17, 15) is 9.00 Å². The van der Waals surface area contributed by atoms with Gasteiger partial charge in [0.25, 0.3) is 5.91 Å². The van der Waals surface area contributed by atoms with Gasteiger partial charge in [0, 0.05) is 29.7 Å². The third-order valence-electron chi connectivity index (χ3n) is 2.24. The number of hydrogen-bond acceptors (Lipinski definition) is 5. The smallest absolute Gasteiger partial charge is 0.291 e. The normalized spacial score (nSPS) is 9.20. The fraction of sp³-hybridized carbons (Fsp3) is 0. The first-order chi connectivity index (χ1) is 9.69. The predicted molar refractivity (Wildman–Crippen MR) is 73.8 cm³/mol. The van der Waals surface area contributed by atoms with E-state index in [2.05, 4.69) is 26.2 Å². The second kappa shape index (κ2) is 6.36. The number of nitrogens with two attached hydrogens (primary N) is 1. The average Bonchev–Trinajstić information content (AvgIpc) is 2.47. The number of carbonyl (C=O) groups excluding carboxylic acids is 1. The number of rotatable bonds is 1. The van der Waals surface area contributed by atoms with Crippen LogP contribution in [-0.4, -0.2) is 20.1 Å². The summed E-state index contributed by atoms with van der Waals surface area (Å²) in [5, 5.41) is 0. The Morgan fingerprint density at radius 1 is 1.20 bits per heavy atom. The maximum Gasteiger partial charge on any atom is 0.291 e. The van der Waals surface area contributed by atoms with Crippen LogP contribution in [0.4, 0.5) is 5.82 Å². The third-order valence-corrected chi connectivity index (χ3v) is 2.48. The van der Waals surface area contributed by atoms with Crippen molar-refractivity contribution in [2.45, 2.75) is 0 Å². The van der Waals surface area contributed by atoms with Gasteiger partial charge in [-0.25, -0.2) is 4.98 Å². The number of nitrogens with zero attached hydrogens (tertiary/aromatic N) is 3. The van der Waals surface area contributed by atoms with Crippen molar-refractivity contribution in [3.05, 3.63) is 53.5 Å². The van der Waals surface area contributed by atoms with Gasteiger partial charge in [0.05, 0.1) is 5.56 Å². The van der Waals surface area contributed by atoms with Gasteiger partial charge in [-0.05, 0) is 18.2 Å². The number of aromatic nitrogens is 2. The first-order valence-electron chi connectivity index (χ1n) is 5.42. The molecule has 0 spiro atoms. The molecule has 20 heavy (non-hydrogen) atoms. The summed E-state index contributed by atoms with van der Waals surface area (Å²) >= 11 is -0.136. The zero-order valence-electron chi connectivity index (χ0n) is 10.1. The molecule has 0 aliphatic heterocycles. The predicted octanol–water partition coefficient (Wildman–Crippen LogP) is 0.995. The topological polar surface area (TPSA) is 98.3 Å². The largest absolute Gasteiger partial charge is 0.384 e. The average molecular weight is 284 g/mol. The minimum atomic E-state index is -0.629. The van der Waals surface area contributed by atoms with E-state index in [4.69, 9.17) is 5.73 Å². The lowest BCUT2D eigenvalue weighted by molar-refractivity contribution is 0.100. The highest BCUT2D eigenvalue weighted by Crippen LogP contribution is 2.04. The lowest BCUT2D eigenvalue weighted by atomic mass is 10.2. The summed E-state index contributed by atoms with van der Waals surface area (Å²) in [6.45, 7) is 0. The van der Waals surface area contributed by atoms with Gasteiger partial charge >= 0.3 is 0 Å². The number of amides is 1. The van der Waals surface area contributed by atoms with E-state index in [1.807, 2.05) is 0 Å². The molecule has 6 nitrogen and oxygen atoms in total. The molecule has 0 bridgehead atoms. The van der Waals surface area contributed by atoms with Gasteiger partial charge in [0.15, 0.2) is 0 Å². The van der Waals surface area contributed by atoms with Crippen molar-refractivity contribution in [3.8, 4) is 11.8 Å². The van der Waals surface area contributed by atoms with Gasteiger partial charge in [0.1, 0.15) is 5.82 Å². The Labute approximate surface area is 118 Å². The molecule has 2 aromatic heterocycles. The molecule has 7 heteroatoms. The van der Waals surface area contributed by atoms with E-state index in [1.165, 1.54) is 18.5 Å². The van der Waals surface area contributed by atoms with Crippen LogP contribution in [0.25, 0.3) is 0 Å². The molecule has 0 aliphatic carbocycles. The Kier molecular flexibility index (Phi) is 4.32. The van der Waals surface area contributed by atoms with Crippen LogP contribution >= 0.6 is 0 Å². The molecule has 0 unspecified atom stereocenters. The number of nitrogen functional groups attached to an aromatic ring is 1. The Balaban J connectivity index is 2.27. The van der Waals surface area contributed by atoms with E-state index < -0.39 is 5.91 Å². The summed E-state index contributed by atoms with van der Waals surface area (Å²) in [5.41, 5.74) is 6.92. The van der Waals surface area contributed by atoms with Crippen LogP contribution in [0.15, 0.2) is 41.2 Å². The molecule has 0 saturated carbocycles. The zero-order chi connectivity index (χ0) is 14.4. The zero-order valence-corrected chi connectivity index (χ0v) is 10.9. The number of anilines is 1. The second-order valence-corrected chi connectivity index (χ2v) is 3.99. The van der Waals surface area contributed by atoms with Crippen molar-refractivity contribution in [1.82, 2.24) is 9.97 Å². The highest BCUT2D eigenvalue weighted by Gasteiger charge is 2.04. The molecule has 98 valence electrons. The summed E-state index contributed by atoms with van der Waals surface area (Å²) in [7, 11) is 0. The fourth-order valence-corrected chi connectivity index (χ4v) is 1.51. The molecule has 0 atom stereocenters. The minimum absolute atomic E-state index is 0.136. The van der Waals surface area contributed by atoms with Gasteiger partial charge in [-0.15, -0.1) is 4.36 Å². The van der Waals surface area contributed by atoms with Crippen molar-refractivity contribution in [2.24, 2.45) is 4.36 Å². The standard InChI is InChI=1S/C13H8N4O2S/c14-12-4-3-9(7-16-12)1-2-10-5-11(8-15-6-10)13(18)17-20-19/h3-8H,(H2,14,16). The molecule has 2 heterocycles. The summed E-state index contributed by atoms with van der Waals surface area (Å²) in [6, 6.07) is 4.90. The maximum absolute atomic E-state index is 11.4. The number of hydrogen-bond donors (Lipinski definition) is 1. The molecule has 2 N–H and O–H groups in total. The van der Waals surface area contributed by atoms with Crippen LogP contribution < -0.4 is 5.73 Å². The third kappa shape index (κ3) is 3.57. The summed E-state index contributed by atoms with van der Waals surface area (Å²) in [4.78, 5) is 19.2. The van der Waals surface area contributed by atoms with Crippen molar-refractivity contribution in [1.29, 1.82) is 0 Å². The molecule has 1 amide bonds. The summed E-state index contributed by atoms with van der Waals surface area (Å²) in [5.74, 6) is 5.50. The summed E-state index contributed by atoms with van der Waals surface area (Å²) < 4.78 is 13.4.